The van der Waals surface area contributed by atoms with Crippen molar-refractivity contribution < 1.29 is 0 Å². The van der Waals surface area contributed by atoms with Crippen LogP contribution < -0.4 is 5.32 Å². The minimum absolute atomic E-state index is 0.270. The quantitative estimate of drug-likeness (QED) is 0.898. The molecule has 0 saturated carbocycles. The molecule has 86 valence electrons. The maximum absolute atomic E-state index is 9.34. The van der Waals surface area contributed by atoms with E-state index in [-0.39, 0.29) is 5.92 Å². The Morgan fingerprint density at radius 3 is 2.31 bits per heavy atom. The fraction of sp³-hybridized carbons (Fsp3) is 0.462. The van der Waals surface area contributed by atoms with Gasteiger partial charge in [-0.05, 0) is 36.6 Å². The molecule has 16 heavy (non-hydrogen) atoms. The van der Waals surface area contributed by atoms with Crippen LogP contribution in [0.4, 0.5) is 5.69 Å². The summed E-state index contributed by atoms with van der Waals surface area (Å²) < 4.78 is 1.04. The Kier molecular flexibility index (Phi) is 4.37. The summed E-state index contributed by atoms with van der Waals surface area (Å²) in [5, 5.41) is 12.7. The van der Waals surface area contributed by atoms with Crippen molar-refractivity contribution in [3.05, 3.63) is 28.7 Å². The molecular formula is C13H17BrN2. The average molecular weight is 281 g/mol. The van der Waals surface area contributed by atoms with Crippen LogP contribution in [-0.4, -0.2) is 5.54 Å². The lowest BCUT2D eigenvalue weighted by atomic mass is 9.85. The van der Waals surface area contributed by atoms with Gasteiger partial charge in [-0.1, -0.05) is 36.7 Å². The first-order valence-electron chi connectivity index (χ1n) is 5.49. The van der Waals surface area contributed by atoms with E-state index in [9.17, 15) is 5.26 Å². The second kappa shape index (κ2) is 5.36. The van der Waals surface area contributed by atoms with Gasteiger partial charge in [0.1, 0.15) is 5.54 Å². The van der Waals surface area contributed by atoms with Crippen LogP contribution >= 0.6 is 15.9 Å². The fourth-order valence-electron chi connectivity index (χ4n) is 1.67. The highest BCUT2D eigenvalue weighted by Gasteiger charge is 2.31. The first kappa shape index (κ1) is 13.1. The van der Waals surface area contributed by atoms with Crippen molar-refractivity contribution in [1.29, 1.82) is 5.26 Å². The van der Waals surface area contributed by atoms with Gasteiger partial charge in [-0.3, -0.25) is 0 Å². The van der Waals surface area contributed by atoms with Gasteiger partial charge in [0.25, 0.3) is 0 Å². The molecule has 1 N–H and O–H groups in total. The molecule has 0 spiro atoms. The van der Waals surface area contributed by atoms with Gasteiger partial charge < -0.3 is 5.32 Å². The molecule has 2 nitrogen and oxygen atoms in total. The molecule has 0 radical (unpaired) electrons. The van der Waals surface area contributed by atoms with Crippen molar-refractivity contribution >= 4 is 21.6 Å². The number of nitrogens with one attached hydrogen (secondary N) is 1. The molecule has 0 heterocycles. The Morgan fingerprint density at radius 1 is 1.38 bits per heavy atom. The molecule has 0 amide bonds. The minimum atomic E-state index is -0.478. The third-order valence-electron chi connectivity index (χ3n) is 2.95. The maximum Gasteiger partial charge on any atom is 0.127 e. The molecule has 1 unspecified atom stereocenters. The first-order valence-corrected chi connectivity index (χ1v) is 6.28. The second-order valence-electron chi connectivity index (χ2n) is 4.22. The molecule has 1 aromatic rings. The Balaban J connectivity index is 2.93. The maximum atomic E-state index is 9.34. The molecule has 0 saturated heterocycles. The van der Waals surface area contributed by atoms with Gasteiger partial charge in [0.2, 0.25) is 0 Å². The van der Waals surface area contributed by atoms with Gasteiger partial charge in [0.05, 0.1) is 6.07 Å². The summed E-state index contributed by atoms with van der Waals surface area (Å²) in [5.41, 5.74) is 0.508. The van der Waals surface area contributed by atoms with Gasteiger partial charge in [-0.2, -0.15) is 5.26 Å². The van der Waals surface area contributed by atoms with E-state index in [4.69, 9.17) is 0 Å². The number of halogens is 1. The number of rotatable bonds is 4. The summed E-state index contributed by atoms with van der Waals surface area (Å²) in [6.07, 6.45) is 0.789. The molecule has 0 aliphatic carbocycles. The summed E-state index contributed by atoms with van der Waals surface area (Å²) >= 11 is 3.40. The molecule has 1 atom stereocenters. The first-order chi connectivity index (χ1) is 7.54. The van der Waals surface area contributed by atoms with E-state index < -0.39 is 5.54 Å². The van der Waals surface area contributed by atoms with Crippen LogP contribution in [0, 0.1) is 17.2 Å². The topological polar surface area (TPSA) is 35.8 Å². The number of benzene rings is 1. The molecule has 0 aromatic heterocycles. The van der Waals surface area contributed by atoms with Gasteiger partial charge in [0, 0.05) is 10.2 Å². The fourth-order valence-corrected chi connectivity index (χ4v) is 1.93. The summed E-state index contributed by atoms with van der Waals surface area (Å²) in [7, 11) is 0. The van der Waals surface area contributed by atoms with Crippen molar-refractivity contribution in [2.75, 3.05) is 5.32 Å². The molecule has 0 fully saturated rings. The highest BCUT2D eigenvalue weighted by Crippen LogP contribution is 2.26. The Hall–Kier alpha value is -1.01. The van der Waals surface area contributed by atoms with Crippen LogP contribution in [-0.2, 0) is 0 Å². The molecule has 3 heteroatoms. The van der Waals surface area contributed by atoms with E-state index in [2.05, 4.69) is 41.2 Å². The Bertz CT molecular complexity index is 378. The van der Waals surface area contributed by atoms with Gasteiger partial charge in [-0.15, -0.1) is 0 Å². The van der Waals surface area contributed by atoms with Crippen LogP contribution in [0.2, 0.25) is 0 Å². The molecule has 1 aromatic carbocycles. The lowest BCUT2D eigenvalue weighted by molar-refractivity contribution is 0.416. The van der Waals surface area contributed by atoms with Gasteiger partial charge in [0.15, 0.2) is 0 Å². The van der Waals surface area contributed by atoms with Crippen molar-refractivity contribution in [3.63, 3.8) is 0 Å². The Labute approximate surface area is 106 Å². The molecule has 0 aliphatic rings. The highest BCUT2D eigenvalue weighted by atomic mass is 79.9. The predicted octanol–water partition coefficient (Wildman–Crippen LogP) is 4.19. The van der Waals surface area contributed by atoms with Crippen molar-refractivity contribution in [2.24, 2.45) is 5.92 Å². The average Bonchev–Trinajstić information content (AvgIpc) is 2.28. The third-order valence-corrected chi connectivity index (χ3v) is 3.48. The lowest BCUT2D eigenvalue weighted by Crippen LogP contribution is -2.41. The monoisotopic (exact) mass is 280 g/mol. The standard InChI is InChI=1S/C13H17BrN2/c1-4-13(9-15,10(2)3)16-12-7-5-11(14)6-8-12/h5-8,10,16H,4H2,1-3H3. The zero-order valence-electron chi connectivity index (χ0n) is 9.92. The third kappa shape index (κ3) is 2.76. The largest absolute Gasteiger partial charge is 0.367 e. The van der Waals surface area contributed by atoms with Crippen molar-refractivity contribution in [1.82, 2.24) is 0 Å². The van der Waals surface area contributed by atoms with E-state index in [1.165, 1.54) is 0 Å². The molecule has 0 aliphatic heterocycles. The zero-order chi connectivity index (χ0) is 12.2. The summed E-state index contributed by atoms with van der Waals surface area (Å²) in [6.45, 7) is 6.17. The number of nitriles is 1. The van der Waals surface area contributed by atoms with E-state index in [1.54, 1.807) is 0 Å². The SMILES string of the molecule is CCC(C#N)(Nc1ccc(Br)cc1)C(C)C. The smallest absolute Gasteiger partial charge is 0.127 e. The minimum Gasteiger partial charge on any atom is -0.367 e. The van der Waals surface area contributed by atoms with Crippen molar-refractivity contribution in [3.8, 4) is 6.07 Å². The van der Waals surface area contributed by atoms with Gasteiger partial charge >= 0.3 is 0 Å². The number of hydrogen-bond donors (Lipinski definition) is 1. The molecule has 1 rings (SSSR count). The van der Waals surface area contributed by atoms with E-state index in [1.807, 2.05) is 31.2 Å². The van der Waals surface area contributed by atoms with Crippen LogP contribution in [0.1, 0.15) is 27.2 Å². The number of anilines is 1. The van der Waals surface area contributed by atoms with Crippen LogP contribution in [0.15, 0.2) is 28.7 Å². The van der Waals surface area contributed by atoms with Crippen LogP contribution in [0.3, 0.4) is 0 Å². The second-order valence-corrected chi connectivity index (χ2v) is 5.14. The summed E-state index contributed by atoms with van der Waals surface area (Å²) in [6, 6.07) is 10.3. The predicted molar refractivity (Wildman–Crippen MR) is 71.2 cm³/mol. The Morgan fingerprint density at radius 2 is 1.94 bits per heavy atom. The summed E-state index contributed by atoms with van der Waals surface area (Å²) in [5.74, 6) is 0.270. The van der Waals surface area contributed by atoms with Crippen LogP contribution in [0.25, 0.3) is 0 Å². The zero-order valence-corrected chi connectivity index (χ0v) is 11.5. The van der Waals surface area contributed by atoms with E-state index in [0.29, 0.717) is 0 Å². The summed E-state index contributed by atoms with van der Waals surface area (Å²) in [4.78, 5) is 0. The molecular weight excluding hydrogens is 264 g/mol. The lowest BCUT2D eigenvalue weighted by Gasteiger charge is -2.31. The highest BCUT2D eigenvalue weighted by molar-refractivity contribution is 9.10. The number of hydrogen-bond acceptors (Lipinski definition) is 2. The van der Waals surface area contributed by atoms with Crippen molar-refractivity contribution in [2.45, 2.75) is 32.7 Å². The van der Waals surface area contributed by atoms with E-state index >= 15 is 0 Å². The van der Waals surface area contributed by atoms with Crippen LogP contribution in [0.5, 0.6) is 0 Å². The van der Waals surface area contributed by atoms with Gasteiger partial charge in [-0.25, -0.2) is 0 Å². The normalized spacial score (nSPS) is 14.2. The number of nitrogens with zero attached hydrogens (tertiary/aromatic N) is 1. The molecule has 0 bridgehead atoms. The van der Waals surface area contributed by atoms with E-state index in [0.717, 1.165) is 16.6 Å².